The second-order valence-electron chi connectivity index (χ2n) is 3.51. The summed E-state index contributed by atoms with van der Waals surface area (Å²) in [5.41, 5.74) is 2.82. The molecule has 0 aliphatic carbocycles. The minimum atomic E-state index is 0.606. The van der Waals surface area contributed by atoms with Crippen LogP contribution in [0.4, 0.5) is 5.69 Å². The first-order valence-corrected chi connectivity index (χ1v) is 5.31. The Kier molecular flexibility index (Phi) is 3.10. The molecule has 1 N–H and O–H groups in total. The molecule has 84 valence electrons. The molecule has 0 saturated heterocycles. The molecule has 0 aliphatic rings. The minimum Gasteiger partial charge on any atom is -0.379 e. The number of hydrogen-bond donors (Lipinski definition) is 1. The molecule has 0 amide bonds. The highest BCUT2D eigenvalue weighted by Gasteiger charge is 2.08. The normalized spacial score (nSPS) is 10.4. The van der Waals surface area contributed by atoms with Gasteiger partial charge in [-0.05, 0) is 19.9 Å². The Morgan fingerprint density at radius 3 is 2.88 bits per heavy atom. The topological polar surface area (TPSA) is 51.0 Å². The fraction of sp³-hybridized carbons (Fsp3) is 0.273. The zero-order valence-electron chi connectivity index (χ0n) is 9.12. The van der Waals surface area contributed by atoms with E-state index >= 15 is 0 Å². The van der Waals surface area contributed by atoms with Crippen molar-refractivity contribution in [1.29, 1.82) is 0 Å². The molecule has 0 aromatic carbocycles. The Bertz CT molecular complexity index is 476. The van der Waals surface area contributed by atoms with Gasteiger partial charge in [0.2, 0.25) is 0 Å². The number of aryl methyl sites for hydroxylation is 2. The quantitative estimate of drug-likeness (QED) is 0.892. The fourth-order valence-corrected chi connectivity index (χ4v) is 1.64. The lowest BCUT2D eigenvalue weighted by Crippen LogP contribution is -2.01. The van der Waals surface area contributed by atoms with E-state index in [2.05, 4.69) is 15.5 Å². The highest BCUT2D eigenvalue weighted by Crippen LogP contribution is 2.21. The van der Waals surface area contributed by atoms with Gasteiger partial charge in [-0.1, -0.05) is 16.8 Å². The van der Waals surface area contributed by atoms with Gasteiger partial charge in [0.05, 0.1) is 16.4 Å². The van der Waals surface area contributed by atoms with Crippen molar-refractivity contribution in [2.45, 2.75) is 20.4 Å². The Balaban J connectivity index is 2.11. The Labute approximate surface area is 98.6 Å². The third-order valence-electron chi connectivity index (χ3n) is 2.41. The summed E-state index contributed by atoms with van der Waals surface area (Å²) in [6.07, 6.45) is 3.30. The van der Waals surface area contributed by atoms with E-state index in [1.807, 2.05) is 19.9 Å². The summed E-state index contributed by atoms with van der Waals surface area (Å²) in [6.45, 7) is 4.46. The summed E-state index contributed by atoms with van der Waals surface area (Å²) >= 11 is 5.98. The van der Waals surface area contributed by atoms with Gasteiger partial charge in [-0.25, -0.2) is 0 Å². The Hall–Kier alpha value is -1.55. The van der Waals surface area contributed by atoms with Gasteiger partial charge in [-0.2, -0.15) is 0 Å². The number of hydrogen-bond acceptors (Lipinski definition) is 4. The smallest absolute Gasteiger partial charge is 0.138 e. The Morgan fingerprint density at radius 2 is 2.25 bits per heavy atom. The monoisotopic (exact) mass is 237 g/mol. The van der Waals surface area contributed by atoms with Gasteiger partial charge in [0.1, 0.15) is 5.76 Å². The van der Waals surface area contributed by atoms with Crippen LogP contribution in [0, 0.1) is 13.8 Å². The van der Waals surface area contributed by atoms with Crippen LogP contribution < -0.4 is 5.32 Å². The number of aromatic nitrogens is 2. The van der Waals surface area contributed by atoms with E-state index in [0.717, 1.165) is 22.7 Å². The number of anilines is 1. The first-order valence-electron chi connectivity index (χ1n) is 4.93. The molecule has 0 bridgehead atoms. The van der Waals surface area contributed by atoms with Gasteiger partial charge in [0.25, 0.3) is 0 Å². The molecular weight excluding hydrogens is 226 g/mol. The number of halogens is 1. The third kappa shape index (κ3) is 2.17. The molecule has 4 nitrogen and oxygen atoms in total. The van der Waals surface area contributed by atoms with Gasteiger partial charge in [0, 0.05) is 24.5 Å². The van der Waals surface area contributed by atoms with Gasteiger partial charge in [-0.3, -0.25) is 4.98 Å². The lowest BCUT2D eigenvalue weighted by molar-refractivity contribution is 0.392. The summed E-state index contributed by atoms with van der Waals surface area (Å²) in [4.78, 5) is 3.92. The molecule has 2 aromatic rings. The van der Waals surface area contributed by atoms with Crippen LogP contribution in [0.1, 0.15) is 17.0 Å². The molecule has 0 atom stereocenters. The van der Waals surface area contributed by atoms with E-state index < -0.39 is 0 Å². The van der Waals surface area contributed by atoms with Crippen molar-refractivity contribution in [3.05, 3.63) is 40.5 Å². The molecule has 0 radical (unpaired) electrons. The fourth-order valence-electron chi connectivity index (χ4n) is 1.46. The molecule has 16 heavy (non-hydrogen) atoms. The van der Waals surface area contributed by atoms with E-state index in [-0.39, 0.29) is 0 Å². The van der Waals surface area contributed by atoms with E-state index in [1.165, 1.54) is 0 Å². The first-order chi connectivity index (χ1) is 7.68. The van der Waals surface area contributed by atoms with E-state index in [4.69, 9.17) is 16.1 Å². The summed E-state index contributed by atoms with van der Waals surface area (Å²) in [5.74, 6) is 0.829. The predicted octanol–water partition coefficient (Wildman–Crippen LogP) is 2.95. The molecule has 5 heteroatoms. The summed E-state index contributed by atoms with van der Waals surface area (Å²) in [5, 5.41) is 7.72. The van der Waals surface area contributed by atoms with Crippen LogP contribution in [0.2, 0.25) is 5.02 Å². The standard InChI is InChI=1S/C11H12ClN3O/c1-7-9(8(2)16-15-7)5-14-11-3-4-13-6-10(11)12/h3-4,6H,5H2,1-2H3,(H,13,14). The average Bonchev–Trinajstić information content (AvgIpc) is 2.58. The molecule has 0 spiro atoms. The lowest BCUT2D eigenvalue weighted by Gasteiger charge is -2.06. The highest BCUT2D eigenvalue weighted by atomic mass is 35.5. The van der Waals surface area contributed by atoms with Crippen molar-refractivity contribution in [3.63, 3.8) is 0 Å². The SMILES string of the molecule is Cc1noc(C)c1CNc1ccncc1Cl. The molecule has 2 aromatic heterocycles. The lowest BCUT2D eigenvalue weighted by atomic mass is 10.2. The minimum absolute atomic E-state index is 0.606. The molecule has 0 fully saturated rings. The zero-order valence-corrected chi connectivity index (χ0v) is 9.88. The zero-order chi connectivity index (χ0) is 11.5. The van der Waals surface area contributed by atoms with Gasteiger partial charge >= 0.3 is 0 Å². The van der Waals surface area contributed by atoms with Crippen LogP contribution >= 0.6 is 11.6 Å². The average molecular weight is 238 g/mol. The van der Waals surface area contributed by atoms with Crippen LogP contribution in [0.5, 0.6) is 0 Å². The summed E-state index contributed by atoms with van der Waals surface area (Å²) in [7, 11) is 0. The summed E-state index contributed by atoms with van der Waals surface area (Å²) < 4.78 is 5.08. The van der Waals surface area contributed by atoms with Crippen molar-refractivity contribution >= 4 is 17.3 Å². The van der Waals surface area contributed by atoms with Gasteiger partial charge in [0.15, 0.2) is 0 Å². The van der Waals surface area contributed by atoms with Crippen molar-refractivity contribution < 1.29 is 4.52 Å². The molecular formula is C11H12ClN3O. The molecule has 2 rings (SSSR count). The number of rotatable bonds is 3. The van der Waals surface area contributed by atoms with Gasteiger partial charge < -0.3 is 9.84 Å². The number of pyridine rings is 1. The molecule has 0 unspecified atom stereocenters. The molecule has 0 saturated carbocycles. The molecule has 2 heterocycles. The van der Waals surface area contributed by atoms with Crippen molar-refractivity contribution in [1.82, 2.24) is 10.1 Å². The second kappa shape index (κ2) is 4.53. The maximum absolute atomic E-state index is 5.98. The van der Waals surface area contributed by atoms with Crippen LogP contribution in [-0.4, -0.2) is 10.1 Å². The van der Waals surface area contributed by atoms with Crippen LogP contribution in [0.15, 0.2) is 23.0 Å². The second-order valence-corrected chi connectivity index (χ2v) is 3.92. The van der Waals surface area contributed by atoms with Crippen molar-refractivity contribution in [2.24, 2.45) is 0 Å². The Morgan fingerprint density at radius 1 is 1.44 bits per heavy atom. The predicted molar refractivity (Wildman–Crippen MR) is 62.6 cm³/mol. The van der Waals surface area contributed by atoms with E-state index in [9.17, 15) is 0 Å². The molecule has 0 aliphatic heterocycles. The highest BCUT2D eigenvalue weighted by molar-refractivity contribution is 6.33. The van der Waals surface area contributed by atoms with Crippen LogP contribution in [0.25, 0.3) is 0 Å². The third-order valence-corrected chi connectivity index (χ3v) is 2.71. The van der Waals surface area contributed by atoms with Crippen molar-refractivity contribution in [2.75, 3.05) is 5.32 Å². The van der Waals surface area contributed by atoms with Gasteiger partial charge in [-0.15, -0.1) is 0 Å². The number of nitrogens with one attached hydrogen (secondary N) is 1. The first kappa shape index (κ1) is 11.0. The largest absolute Gasteiger partial charge is 0.379 e. The van der Waals surface area contributed by atoms with Crippen LogP contribution in [0.3, 0.4) is 0 Å². The van der Waals surface area contributed by atoms with Crippen LogP contribution in [-0.2, 0) is 6.54 Å². The van der Waals surface area contributed by atoms with E-state index in [1.54, 1.807) is 12.4 Å². The number of nitrogens with zero attached hydrogens (tertiary/aromatic N) is 2. The summed E-state index contributed by atoms with van der Waals surface area (Å²) in [6, 6.07) is 1.83. The maximum atomic E-state index is 5.98. The van der Waals surface area contributed by atoms with E-state index in [0.29, 0.717) is 11.6 Å². The maximum Gasteiger partial charge on any atom is 0.138 e. The van der Waals surface area contributed by atoms with Crippen molar-refractivity contribution in [3.8, 4) is 0 Å².